The van der Waals surface area contributed by atoms with E-state index in [2.05, 4.69) is 20.7 Å². The molecule has 1 saturated heterocycles. The highest BCUT2D eigenvalue weighted by Crippen LogP contribution is 2.22. The molecule has 9 heteroatoms. The zero-order valence-corrected chi connectivity index (χ0v) is 16.4. The van der Waals surface area contributed by atoms with Gasteiger partial charge in [-0.15, -0.1) is 0 Å². The van der Waals surface area contributed by atoms with E-state index in [1.807, 2.05) is 30.3 Å². The fourth-order valence-electron chi connectivity index (χ4n) is 4.19. The number of benzene rings is 1. The number of aromatic nitrogens is 3. The number of halogens is 1. The molecule has 8 nitrogen and oxygen atoms in total. The number of hydrogen-bond acceptors (Lipinski definition) is 4. The molecular formula is C21H23FN6O2. The van der Waals surface area contributed by atoms with Crippen LogP contribution in [-0.2, 0) is 17.9 Å². The third kappa shape index (κ3) is 3.45. The van der Waals surface area contributed by atoms with Gasteiger partial charge in [-0.05, 0) is 25.1 Å². The molecule has 2 aromatic heterocycles. The number of para-hydroxylation sites is 1. The first-order chi connectivity index (χ1) is 14.6. The molecule has 5 rings (SSSR count). The van der Waals surface area contributed by atoms with Gasteiger partial charge in [0.25, 0.3) is 5.91 Å². The summed E-state index contributed by atoms with van der Waals surface area (Å²) < 4.78 is 15.8. The largest absolute Gasteiger partial charge is 0.351 e. The van der Waals surface area contributed by atoms with Gasteiger partial charge < -0.3 is 20.5 Å². The number of piperidine rings is 1. The SMILES string of the molecule is O=C(Nc1cc2n(n1)CCN(C(=O)c1cc3ccccc3[nH]1)C2)[C@H]1CCNC[C@@H]1F. The molecule has 3 aromatic rings. The van der Waals surface area contributed by atoms with Crippen molar-refractivity contribution in [3.63, 3.8) is 0 Å². The Hall–Kier alpha value is -3.20. The van der Waals surface area contributed by atoms with E-state index in [1.165, 1.54) is 0 Å². The highest BCUT2D eigenvalue weighted by atomic mass is 19.1. The Balaban J connectivity index is 1.28. The summed E-state index contributed by atoms with van der Waals surface area (Å²) in [5.41, 5.74) is 2.32. The molecule has 4 heterocycles. The molecule has 2 aliphatic rings. The number of nitrogens with zero attached hydrogens (tertiary/aromatic N) is 3. The lowest BCUT2D eigenvalue weighted by atomic mass is 9.95. The third-order valence-electron chi connectivity index (χ3n) is 5.84. The first kappa shape index (κ1) is 18.8. The zero-order valence-electron chi connectivity index (χ0n) is 16.4. The van der Waals surface area contributed by atoms with Gasteiger partial charge in [0.05, 0.1) is 24.7 Å². The lowest BCUT2D eigenvalue weighted by Crippen LogP contribution is -2.43. The van der Waals surface area contributed by atoms with E-state index in [0.29, 0.717) is 44.1 Å². The minimum atomic E-state index is -1.19. The first-order valence-corrected chi connectivity index (χ1v) is 10.2. The molecule has 0 aliphatic carbocycles. The van der Waals surface area contributed by atoms with Gasteiger partial charge in [-0.2, -0.15) is 5.10 Å². The van der Waals surface area contributed by atoms with Gasteiger partial charge in [-0.3, -0.25) is 14.3 Å². The molecule has 156 valence electrons. The maximum atomic E-state index is 14.0. The number of carbonyl (C=O) groups is 2. The maximum Gasteiger partial charge on any atom is 0.270 e. The Morgan fingerprint density at radius 1 is 1.20 bits per heavy atom. The number of nitrogens with one attached hydrogen (secondary N) is 3. The number of anilines is 1. The molecule has 2 amide bonds. The van der Waals surface area contributed by atoms with Crippen molar-refractivity contribution < 1.29 is 14.0 Å². The quantitative estimate of drug-likeness (QED) is 0.615. The number of hydrogen-bond donors (Lipinski definition) is 3. The third-order valence-corrected chi connectivity index (χ3v) is 5.84. The number of alkyl halides is 1. The van der Waals surface area contributed by atoms with Gasteiger partial charge in [0.2, 0.25) is 5.91 Å². The van der Waals surface area contributed by atoms with Crippen molar-refractivity contribution in [3.8, 4) is 0 Å². The molecule has 1 fully saturated rings. The number of carbonyl (C=O) groups excluding carboxylic acids is 2. The number of amides is 2. The van der Waals surface area contributed by atoms with Gasteiger partial charge in [0, 0.05) is 30.1 Å². The number of aromatic amines is 1. The average molecular weight is 410 g/mol. The van der Waals surface area contributed by atoms with Gasteiger partial charge >= 0.3 is 0 Å². The van der Waals surface area contributed by atoms with Gasteiger partial charge in [-0.25, -0.2) is 4.39 Å². The van der Waals surface area contributed by atoms with E-state index in [0.717, 1.165) is 16.6 Å². The predicted molar refractivity (Wildman–Crippen MR) is 110 cm³/mol. The van der Waals surface area contributed by atoms with E-state index in [1.54, 1.807) is 15.6 Å². The Kier molecular flexibility index (Phi) is 4.74. The molecular weight excluding hydrogens is 387 g/mol. The number of rotatable bonds is 3. The van der Waals surface area contributed by atoms with Crippen molar-refractivity contribution in [2.45, 2.75) is 25.7 Å². The van der Waals surface area contributed by atoms with Crippen molar-refractivity contribution in [2.24, 2.45) is 5.92 Å². The van der Waals surface area contributed by atoms with Crippen LogP contribution in [0, 0.1) is 5.92 Å². The summed E-state index contributed by atoms with van der Waals surface area (Å²) in [7, 11) is 0. The Morgan fingerprint density at radius 3 is 2.90 bits per heavy atom. The molecule has 0 unspecified atom stereocenters. The fourth-order valence-corrected chi connectivity index (χ4v) is 4.19. The fraction of sp³-hybridized carbons (Fsp3) is 0.381. The second kappa shape index (κ2) is 7.56. The van der Waals surface area contributed by atoms with Crippen LogP contribution in [0.15, 0.2) is 36.4 Å². The highest BCUT2D eigenvalue weighted by molar-refractivity contribution is 5.98. The number of H-pyrrole nitrogens is 1. The van der Waals surface area contributed by atoms with Crippen LogP contribution in [0.25, 0.3) is 10.9 Å². The van der Waals surface area contributed by atoms with Crippen molar-refractivity contribution >= 4 is 28.5 Å². The van der Waals surface area contributed by atoms with Crippen LogP contribution < -0.4 is 10.6 Å². The van der Waals surface area contributed by atoms with Crippen LogP contribution in [0.5, 0.6) is 0 Å². The summed E-state index contributed by atoms with van der Waals surface area (Å²) in [6, 6.07) is 11.4. The van der Waals surface area contributed by atoms with Gasteiger partial charge in [-0.1, -0.05) is 18.2 Å². The lowest BCUT2D eigenvalue weighted by molar-refractivity contribution is -0.122. The molecule has 0 radical (unpaired) electrons. The maximum absolute atomic E-state index is 14.0. The summed E-state index contributed by atoms with van der Waals surface area (Å²) in [5.74, 6) is -0.671. The van der Waals surface area contributed by atoms with E-state index in [-0.39, 0.29) is 18.4 Å². The van der Waals surface area contributed by atoms with E-state index in [9.17, 15) is 14.0 Å². The molecule has 1 aromatic carbocycles. The summed E-state index contributed by atoms with van der Waals surface area (Å²) >= 11 is 0. The van der Waals surface area contributed by atoms with Gasteiger partial charge in [0.15, 0.2) is 5.82 Å². The first-order valence-electron chi connectivity index (χ1n) is 10.2. The molecule has 0 bridgehead atoms. The monoisotopic (exact) mass is 410 g/mol. The molecule has 2 aliphatic heterocycles. The summed E-state index contributed by atoms with van der Waals surface area (Å²) in [6.45, 7) is 2.29. The molecule has 0 saturated carbocycles. The topological polar surface area (TPSA) is 95.1 Å². The zero-order chi connectivity index (χ0) is 20.7. The standard InChI is InChI=1S/C21H23FN6O2/c22-16-11-23-6-5-15(16)20(29)25-19-10-14-12-27(7-8-28(14)26-19)21(30)18-9-13-3-1-2-4-17(13)24-18/h1-4,9-10,15-16,23-24H,5-8,11-12H2,(H,25,26,29)/t15-,16-/m0/s1. The smallest absolute Gasteiger partial charge is 0.270 e. The summed E-state index contributed by atoms with van der Waals surface area (Å²) in [4.78, 5) is 30.3. The van der Waals surface area contributed by atoms with Gasteiger partial charge in [0.1, 0.15) is 11.9 Å². The Bertz CT molecular complexity index is 1070. The summed E-state index contributed by atoms with van der Waals surface area (Å²) in [5, 5.41) is 11.1. The Labute approximate surface area is 172 Å². The van der Waals surface area contributed by atoms with Crippen molar-refractivity contribution in [3.05, 3.63) is 47.8 Å². The van der Waals surface area contributed by atoms with Crippen LogP contribution in [0.3, 0.4) is 0 Å². The lowest BCUT2D eigenvalue weighted by Gasteiger charge is -2.27. The normalized spacial score (nSPS) is 21.4. The van der Waals surface area contributed by atoms with Crippen LogP contribution in [0.1, 0.15) is 22.6 Å². The number of fused-ring (bicyclic) bond motifs is 2. The minimum Gasteiger partial charge on any atom is -0.351 e. The average Bonchev–Trinajstić information content (AvgIpc) is 3.36. The second-order valence-electron chi connectivity index (χ2n) is 7.85. The minimum absolute atomic E-state index is 0.0702. The van der Waals surface area contributed by atoms with Crippen molar-refractivity contribution in [2.75, 3.05) is 25.0 Å². The molecule has 0 spiro atoms. The van der Waals surface area contributed by atoms with Crippen LogP contribution >= 0.6 is 0 Å². The Morgan fingerprint density at radius 2 is 2.07 bits per heavy atom. The predicted octanol–water partition coefficient (Wildman–Crippen LogP) is 1.91. The van der Waals surface area contributed by atoms with E-state index >= 15 is 0 Å². The van der Waals surface area contributed by atoms with Crippen LogP contribution in [0.4, 0.5) is 10.2 Å². The molecule has 30 heavy (non-hydrogen) atoms. The van der Waals surface area contributed by atoms with E-state index in [4.69, 9.17) is 0 Å². The van der Waals surface area contributed by atoms with Crippen molar-refractivity contribution in [1.82, 2.24) is 25.0 Å². The van der Waals surface area contributed by atoms with Crippen molar-refractivity contribution in [1.29, 1.82) is 0 Å². The van der Waals surface area contributed by atoms with E-state index < -0.39 is 12.1 Å². The van der Waals surface area contributed by atoms with Crippen LogP contribution in [-0.4, -0.2) is 57.3 Å². The molecule has 3 N–H and O–H groups in total. The second-order valence-corrected chi connectivity index (χ2v) is 7.85. The summed E-state index contributed by atoms with van der Waals surface area (Å²) in [6.07, 6.45) is -0.728. The molecule has 2 atom stereocenters. The van der Waals surface area contributed by atoms with Crippen LogP contribution in [0.2, 0.25) is 0 Å². The highest BCUT2D eigenvalue weighted by Gasteiger charge is 2.32.